The molecule has 0 radical (unpaired) electrons. The molecule has 3 nitrogen and oxygen atoms in total. The summed E-state index contributed by atoms with van der Waals surface area (Å²) >= 11 is 4.81. The maximum atomic E-state index is 13.9. The van der Waals surface area contributed by atoms with Gasteiger partial charge in [0.15, 0.2) is 0 Å². The van der Waals surface area contributed by atoms with Gasteiger partial charge in [0, 0.05) is 11.8 Å². The van der Waals surface area contributed by atoms with Gasteiger partial charge >= 0.3 is 0 Å². The van der Waals surface area contributed by atoms with Gasteiger partial charge in [-0.05, 0) is 30.2 Å². The molecule has 0 saturated carbocycles. The molecule has 0 atom stereocenters. The summed E-state index contributed by atoms with van der Waals surface area (Å²) in [6, 6.07) is 6.53. The second kappa shape index (κ2) is 4.86. The molecule has 5 heteroatoms. The van der Waals surface area contributed by atoms with E-state index in [1.807, 2.05) is 19.9 Å². The molecule has 0 aliphatic rings. The number of halogens is 1. The first kappa shape index (κ1) is 12.7. The van der Waals surface area contributed by atoms with E-state index in [1.165, 1.54) is 10.7 Å². The average molecular weight is 263 g/mol. The van der Waals surface area contributed by atoms with Crippen LogP contribution in [0.5, 0.6) is 0 Å². The number of hydrogen-bond donors (Lipinski definition) is 1. The number of benzene rings is 1. The van der Waals surface area contributed by atoms with E-state index in [1.54, 1.807) is 18.3 Å². The molecule has 94 valence electrons. The van der Waals surface area contributed by atoms with Crippen molar-refractivity contribution in [3.8, 4) is 5.69 Å². The SMILES string of the molecule is CC(C)c1ccn(-c2ccc(C(N)=S)cc2F)n1. The molecule has 2 rings (SSSR count). The molecular weight excluding hydrogens is 249 g/mol. The number of nitrogens with two attached hydrogens (primary N) is 1. The van der Waals surface area contributed by atoms with E-state index in [0.717, 1.165) is 5.69 Å². The van der Waals surface area contributed by atoms with Crippen molar-refractivity contribution in [2.75, 3.05) is 0 Å². The summed E-state index contributed by atoms with van der Waals surface area (Å²) in [5.74, 6) is -0.0797. The summed E-state index contributed by atoms with van der Waals surface area (Å²) in [5, 5.41) is 4.33. The van der Waals surface area contributed by atoms with Crippen molar-refractivity contribution in [3.05, 3.63) is 47.5 Å². The van der Waals surface area contributed by atoms with Gasteiger partial charge in [0.25, 0.3) is 0 Å². The first-order chi connectivity index (χ1) is 8.49. The lowest BCUT2D eigenvalue weighted by atomic mass is 10.1. The van der Waals surface area contributed by atoms with Crippen molar-refractivity contribution >= 4 is 17.2 Å². The lowest BCUT2D eigenvalue weighted by Crippen LogP contribution is -2.10. The molecule has 1 aromatic heterocycles. The van der Waals surface area contributed by atoms with Gasteiger partial charge in [0.2, 0.25) is 0 Å². The third-order valence-corrected chi connectivity index (χ3v) is 2.92. The fourth-order valence-electron chi connectivity index (χ4n) is 1.63. The molecule has 2 aromatic rings. The van der Waals surface area contributed by atoms with Crippen molar-refractivity contribution in [1.29, 1.82) is 0 Å². The van der Waals surface area contributed by atoms with Crippen LogP contribution in [0.2, 0.25) is 0 Å². The normalized spacial score (nSPS) is 10.9. The van der Waals surface area contributed by atoms with Crippen LogP contribution in [0.3, 0.4) is 0 Å². The van der Waals surface area contributed by atoms with Crippen LogP contribution in [-0.2, 0) is 0 Å². The van der Waals surface area contributed by atoms with E-state index in [2.05, 4.69) is 5.10 Å². The topological polar surface area (TPSA) is 43.8 Å². The maximum absolute atomic E-state index is 13.9. The lowest BCUT2D eigenvalue weighted by Gasteiger charge is -2.06. The number of thiocarbonyl (C=S) groups is 1. The van der Waals surface area contributed by atoms with Crippen LogP contribution < -0.4 is 5.73 Å². The molecule has 0 aliphatic carbocycles. The molecule has 0 saturated heterocycles. The van der Waals surface area contributed by atoms with Gasteiger partial charge in [-0.3, -0.25) is 0 Å². The van der Waals surface area contributed by atoms with Crippen LogP contribution in [0.15, 0.2) is 30.5 Å². The van der Waals surface area contributed by atoms with E-state index in [-0.39, 0.29) is 4.99 Å². The molecule has 1 aromatic carbocycles. The average Bonchev–Trinajstić information content (AvgIpc) is 2.78. The van der Waals surface area contributed by atoms with Crippen LogP contribution in [0.25, 0.3) is 5.69 Å². The summed E-state index contributed by atoms with van der Waals surface area (Å²) < 4.78 is 15.5. The molecule has 0 amide bonds. The van der Waals surface area contributed by atoms with Gasteiger partial charge in [-0.2, -0.15) is 5.10 Å². The highest BCUT2D eigenvalue weighted by Crippen LogP contribution is 2.17. The summed E-state index contributed by atoms with van der Waals surface area (Å²) in [6.45, 7) is 4.08. The molecule has 0 spiro atoms. The Balaban J connectivity index is 2.41. The third kappa shape index (κ3) is 2.41. The Labute approximate surface area is 110 Å². The Kier molecular flexibility index (Phi) is 3.43. The van der Waals surface area contributed by atoms with E-state index in [0.29, 0.717) is 17.2 Å². The summed E-state index contributed by atoms with van der Waals surface area (Å²) in [5.41, 5.74) is 7.29. The molecule has 0 bridgehead atoms. The molecule has 2 N–H and O–H groups in total. The van der Waals surface area contributed by atoms with Crippen LogP contribution >= 0.6 is 12.2 Å². The first-order valence-electron chi connectivity index (χ1n) is 5.64. The summed E-state index contributed by atoms with van der Waals surface area (Å²) in [6.07, 6.45) is 1.74. The maximum Gasteiger partial charge on any atom is 0.149 e. The largest absolute Gasteiger partial charge is 0.389 e. The summed E-state index contributed by atoms with van der Waals surface area (Å²) in [7, 11) is 0. The zero-order valence-corrected chi connectivity index (χ0v) is 11.0. The predicted molar refractivity (Wildman–Crippen MR) is 73.5 cm³/mol. The Morgan fingerprint density at radius 2 is 2.11 bits per heavy atom. The smallest absolute Gasteiger partial charge is 0.149 e. The second-order valence-electron chi connectivity index (χ2n) is 4.37. The van der Waals surface area contributed by atoms with Crippen molar-refractivity contribution in [2.45, 2.75) is 19.8 Å². The molecule has 1 heterocycles. The van der Waals surface area contributed by atoms with Gasteiger partial charge in [-0.25, -0.2) is 9.07 Å². The van der Waals surface area contributed by atoms with E-state index >= 15 is 0 Å². The number of rotatable bonds is 3. The highest BCUT2D eigenvalue weighted by atomic mass is 32.1. The number of nitrogens with zero attached hydrogens (tertiary/aromatic N) is 2. The van der Waals surface area contributed by atoms with Crippen LogP contribution in [0.4, 0.5) is 4.39 Å². The van der Waals surface area contributed by atoms with E-state index in [4.69, 9.17) is 18.0 Å². The second-order valence-corrected chi connectivity index (χ2v) is 4.81. The Morgan fingerprint density at radius 3 is 2.61 bits per heavy atom. The third-order valence-electron chi connectivity index (χ3n) is 2.68. The first-order valence-corrected chi connectivity index (χ1v) is 6.05. The Bertz CT molecular complexity index is 590. The van der Waals surface area contributed by atoms with Gasteiger partial charge in [-0.1, -0.05) is 26.1 Å². The Hall–Kier alpha value is -1.75. The molecular formula is C13H14FN3S. The molecule has 0 aliphatic heterocycles. The fourth-order valence-corrected chi connectivity index (χ4v) is 1.75. The number of aromatic nitrogens is 2. The fraction of sp³-hybridized carbons (Fsp3) is 0.231. The Morgan fingerprint density at radius 1 is 1.39 bits per heavy atom. The minimum atomic E-state index is -0.390. The monoisotopic (exact) mass is 263 g/mol. The molecule has 0 unspecified atom stereocenters. The number of hydrogen-bond acceptors (Lipinski definition) is 2. The van der Waals surface area contributed by atoms with Crippen LogP contribution in [0, 0.1) is 5.82 Å². The van der Waals surface area contributed by atoms with Crippen LogP contribution in [-0.4, -0.2) is 14.8 Å². The predicted octanol–water partition coefficient (Wildman–Crippen LogP) is 2.77. The highest BCUT2D eigenvalue weighted by Gasteiger charge is 2.10. The highest BCUT2D eigenvalue weighted by molar-refractivity contribution is 7.80. The van der Waals surface area contributed by atoms with E-state index in [9.17, 15) is 4.39 Å². The van der Waals surface area contributed by atoms with Gasteiger partial charge < -0.3 is 5.73 Å². The van der Waals surface area contributed by atoms with Gasteiger partial charge in [0.1, 0.15) is 16.5 Å². The minimum absolute atomic E-state index is 0.184. The lowest BCUT2D eigenvalue weighted by molar-refractivity contribution is 0.608. The molecule has 18 heavy (non-hydrogen) atoms. The van der Waals surface area contributed by atoms with Gasteiger partial charge in [-0.15, -0.1) is 0 Å². The standard InChI is InChI=1S/C13H14FN3S/c1-8(2)11-5-6-17(16-11)12-4-3-9(13(15)18)7-10(12)14/h3-8H,1-2H3,(H2,15,18). The van der Waals surface area contributed by atoms with E-state index < -0.39 is 5.82 Å². The van der Waals surface area contributed by atoms with Crippen molar-refractivity contribution < 1.29 is 4.39 Å². The quantitative estimate of drug-likeness (QED) is 0.866. The van der Waals surface area contributed by atoms with Crippen molar-refractivity contribution in [3.63, 3.8) is 0 Å². The van der Waals surface area contributed by atoms with Gasteiger partial charge in [0.05, 0.1) is 5.69 Å². The summed E-state index contributed by atoms with van der Waals surface area (Å²) in [4.78, 5) is 0.184. The zero-order valence-electron chi connectivity index (χ0n) is 10.2. The van der Waals surface area contributed by atoms with Crippen LogP contribution in [0.1, 0.15) is 31.0 Å². The van der Waals surface area contributed by atoms with Crippen molar-refractivity contribution in [2.24, 2.45) is 5.73 Å². The van der Waals surface area contributed by atoms with Crippen molar-refractivity contribution in [1.82, 2.24) is 9.78 Å². The molecule has 0 fully saturated rings. The minimum Gasteiger partial charge on any atom is -0.389 e. The zero-order chi connectivity index (χ0) is 13.3.